The zero-order valence-electron chi connectivity index (χ0n) is 38.1. The average Bonchev–Trinajstić information content (AvgIpc) is 4.02. The predicted octanol–water partition coefficient (Wildman–Crippen LogP) is 9.77. The molecule has 0 atom stereocenters. The van der Waals surface area contributed by atoms with Gasteiger partial charge in [-0.3, -0.25) is 19.9 Å². The van der Waals surface area contributed by atoms with Crippen LogP contribution in [0.5, 0.6) is 11.5 Å². The summed E-state index contributed by atoms with van der Waals surface area (Å²) in [5, 5.41) is 17.4. The number of sulfonamides is 1. The summed E-state index contributed by atoms with van der Waals surface area (Å²) in [4.78, 5) is 26.7. The van der Waals surface area contributed by atoms with E-state index >= 15 is 0 Å². The van der Waals surface area contributed by atoms with E-state index in [0.29, 0.717) is 34.2 Å². The summed E-state index contributed by atoms with van der Waals surface area (Å²) < 4.78 is 42.5. The van der Waals surface area contributed by atoms with E-state index in [2.05, 4.69) is 46.8 Å². The molecule has 10 rings (SSSR count). The molecular weight excluding hydrogens is 888 g/mol. The Kier molecular flexibility index (Phi) is 13.6. The van der Waals surface area contributed by atoms with Crippen LogP contribution in [0.25, 0.3) is 16.6 Å². The Labute approximate surface area is 398 Å². The van der Waals surface area contributed by atoms with Crippen molar-refractivity contribution in [2.24, 2.45) is 5.41 Å². The van der Waals surface area contributed by atoms with Crippen molar-refractivity contribution in [1.82, 2.24) is 24.5 Å². The Morgan fingerprint density at radius 3 is 2.45 bits per heavy atom. The number of fused-ring (bicyclic) bond motifs is 1. The van der Waals surface area contributed by atoms with Gasteiger partial charge in [-0.2, -0.15) is 0 Å². The number of hydrogen-bond acceptors (Lipinski definition) is 11. The summed E-state index contributed by atoms with van der Waals surface area (Å²) in [6.45, 7) is 7.73. The topological polar surface area (TPSA) is 158 Å². The van der Waals surface area contributed by atoms with Crippen molar-refractivity contribution in [2.45, 2.75) is 94.2 Å². The van der Waals surface area contributed by atoms with E-state index in [-0.39, 0.29) is 23.2 Å². The Morgan fingerprint density at radius 2 is 1.69 bits per heavy atom. The molecule has 2 aliphatic heterocycles. The van der Waals surface area contributed by atoms with Crippen molar-refractivity contribution in [1.29, 1.82) is 0 Å². The lowest BCUT2D eigenvalue weighted by molar-refractivity contribution is -0.384. The van der Waals surface area contributed by atoms with Gasteiger partial charge in [0.05, 0.1) is 29.2 Å². The van der Waals surface area contributed by atoms with E-state index < -0.39 is 14.9 Å². The van der Waals surface area contributed by atoms with Gasteiger partial charge in [-0.15, -0.1) is 0 Å². The minimum absolute atomic E-state index is 0.0624. The van der Waals surface area contributed by atoms with Crippen LogP contribution in [0.1, 0.15) is 81.8 Å². The number of benzene rings is 3. The number of nitro groups is 1. The van der Waals surface area contributed by atoms with Crippen LogP contribution in [-0.2, 0) is 21.3 Å². The van der Waals surface area contributed by atoms with Gasteiger partial charge < -0.3 is 24.7 Å². The number of anilines is 2. The van der Waals surface area contributed by atoms with Crippen LogP contribution in [0.4, 0.5) is 17.1 Å². The van der Waals surface area contributed by atoms with Gasteiger partial charge in [0.1, 0.15) is 22.8 Å². The molecule has 5 aromatic rings. The first-order valence-electron chi connectivity index (χ1n) is 24.1. The Hall–Kier alpha value is -5.03. The fraction of sp³-hybridized carbons (Fsp3) is 0.471. The minimum Gasteiger partial charge on any atom is -0.455 e. The highest BCUT2D eigenvalue weighted by Gasteiger charge is 2.39. The molecule has 4 fully saturated rings. The van der Waals surface area contributed by atoms with Crippen molar-refractivity contribution in [3.05, 3.63) is 117 Å². The lowest BCUT2D eigenvalue weighted by Gasteiger charge is -2.41. The molecule has 354 valence electrons. The van der Waals surface area contributed by atoms with E-state index in [1.54, 1.807) is 11.8 Å². The number of ether oxygens (including phenoxy) is 2. The van der Waals surface area contributed by atoms with Crippen LogP contribution >= 0.6 is 11.6 Å². The van der Waals surface area contributed by atoms with Gasteiger partial charge in [-0.1, -0.05) is 48.2 Å². The number of morpholine rings is 1. The number of hydrogen-bond donors (Lipinski definition) is 3. The number of aromatic nitrogens is 2. The molecule has 2 saturated carbocycles. The molecule has 0 unspecified atom stereocenters. The maximum atomic E-state index is 13.9. The van der Waals surface area contributed by atoms with Crippen molar-refractivity contribution in [3.8, 4) is 11.5 Å². The normalized spacial score (nSPS) is 21.8. The lowest BCUT2D eigenvalue weighted by Crippen LogP contribution is -2.47. The molecule has 0 amide bonds. The highest BCUT2D eigenvalue weighted by Crippen LogP contribution is 2.52. The molecular formula is C51H61ClN8O6S. The smallest absolute Gasteiger partial charge is 0.293 e. The summed E-state index contributed by atoms with van der Waals surface area (Å²) >= 11 is 6.30. The van der Waals surface area contributed by atoms with Gasteiger partial charge in [0, 0.05) is 104 Å². The summed E-state index contributed by atoms with van der Waals surface area (Å²) in [5.41, 5.74) is 7.21. The van der Waals surface area contributed by atoms with Crippen LogP contribution in [0.3, 0.4) is 0 Å². The molecule has 5 aliphatic rings. The zero-order chi connectivity index (χ0) is 46.0. The third-order valence-corrected chi connectivity index (χ3v) is 16.8. The lowest BCUT2D eigenvalue weighted by atomic mass is 9.69. The van der Waals surface area contributed by atoms with Gasteiger partial charge in [0.2, 0.25) is 10.0 Å². The molecule has 67 heavy (non-hydrogen) atoms. The molecule has 3 aromatic carbocycles. The Balaban J connectivity index is 0.829. The molecule has 0 radical (unpaired) electrons. The highest BCUT2D eigenvalue weighted by atomic mass is 35.5. The van der Waals surface area contributed by atoms with Crippen molar-refractivity contribution >= 4 is 55.3 Å². The summed E-state index contributed by atoms with van der Waals surface area (Å²) in [7, 11) is -4.17. The predicted molar refractivity (Wildman–Crippen MR) is 264 cm³/mol. The quantitative estimate of drug-likeness (QED) is 0.0719. The van der Waals surface area contributed by atoms with E-state index in [1.807, 2.05) is 48.7 Å². The third kappa shape index (κ3) is 10.5. The molecule has 2 saturated heterocycles. The second kappa shape index (κ2) is 19.9. The number of pyridine rings is 1. The number of nitrogens with one attached hydrogen (secondary N) is 3. The number of halogens is 1. The molecule has 0 bridgehead atoms. The molecule has 14 nitrogen and oxygen atoms in total. The number of nitrogens with zero attached hydrogens (tertiary/aromatic N) is 5. The molecule has 3 N–H and O–H groups in total. The van der Waals surface area contributed by atoms with Gasteiger partial charge in [0.15, 0.2) is 0 Å². The third-order valence-electron chi connectivity index (χ3n) is 15.1. The zero-order valence-corrected chi connectivity index (χ0v) is 39.6. The van der Waals surface area contributed by atoms with Crippen LogP contribution in [-0.4, -0.2) is 104 Å². The first-order valence-corrected chi connectivity index (χ1v) is 26.0. The average molecular weight is 950 g/mol. The molecule has 2 aromatic heterocycles. The number of H-pyrrole nitrogens is 1. The first kappa shape index (κ1) is 45.7. The Morgan fingerprint density at radius 1 is 0.910 bits per heavy atom. The SMILES string of the molecule is O=[N+]([O-])c1cc(S(=O)(=O)NCc2ccc(N3CCN(CC4=C(c5ccc(Cl)cc5)CCC5(CCCC5)C4)CC3)cc2Oc2cnc3[nH]ccc3c2)ccc1NC1CCC(N2CCOCC2)CC1. The number of aromatic amines is 1. The summed E-state index contributed by atoms with van der Waals surface area (Å²) in [6, 6.07) is 22.8. The fourth-order valence-electron chi connectivity index (χ4n) is 11.4. The van der Waals surface area contributed by atoms with Crippen LogP contribution < -0.4 is 19.7 Å². The van der Waals surface area contributed by atoms with Crippen LogP contribution in [0.2, 0.25) is 5.02 Å². The second-order valence-electron chi connectivity index (χ2n) is 19.3. The monoisotopic (exact) mass is 948 g/mol. The number of piperazine rings is 1. The van der Waals surface area contributed by atoms with E-state index in [1.165, 1.54) is 61.8 Å². The minimum atomic E-state index is -4.17. The number of allylic oxidation sites excluding steroid dienone is 1. The standard InChI is InChI=1S/C51H61ClN8O6S/c52-40-6-3-36(4-7-40)46-15-19-51(17-1-2-18-51)32-39(46)35-57-21-23-58(24-22-57)43-10-5-38(49(30-43)66-44-29-37-16-20-53-50(37)54-34-44)33-55-67(63,64)45-13-14-47(48(31-45)60(61)62)56-41-8-11-42(12-9-41)59-25-27-65-28-26-59/h3-7,10,13-14,16,20,29-31,34,41-42,55-56H,1-2,8-9,11-12,15,17-19,21-28,32-33,35H2,(H,53,54). The van der Waals surface area contributed by atoms with Crippen LogP contribution in [0.15, 0.2) is 95.7 Å². The highest BCUT2D eigenvalue weighted by molar-refractivity contribution is 7.89. The first-order chi connectivity index (χ1) is 32.6. The van der Waals surface area contributed by atoms with Crippen molar-refractivity contribution in [3.63, 3.8) is 0 Å². The molecule has 3 aliphatic carbocycles. The largest absolute Gasteiger partial charge is 0.455 e. The van der Waals surface area contributed by atoms with Gasteiger partial charge in [0.25, 0.3) is 5.69 Å². The molecule has 4 heterocycles. The van der Waals surface area contributed by atoms with Crippen LogP contribution in [0, 0.1) is 15.5 Å². The van der Waals surface area contributed by atoms with E-state index in [4.69, 9.17) is 21.1 Å². The van der Waals surface area contributed by atoms with Gasteiger partial charge in [-0.25, -0.2) is 18.1 Å². The van der Waals surface area contributed by atoms with Crippen molar-refractivity contribution in [2.75, 3.05) is 69.2 Å². The number of nitro benzene ring substituents is 1. The second-order valence-corrected chi connectivity index (χ2v) is 21.5. The van der Waals surface area contributed by atoms with Crippen molar-refractivity contribution < 1.29 is 22.8 Å². The maximum absolute atomic E-state index is 13.9. The van der Waals surface area contributed by atoms with E-state index in [0.717, 1.165) is 119 Å². The van der Waals surface area contributed by atoms with Gasteiger partial charge in [-0.05, 0) is 117 Å². The Bertz CT molecular complexity index is 2700. The molecule has 16 heteroatoms. The maximum Gasteiger partial charge on any atom is 0.293 e. The summed E-state index contributed by atoms with van der Waals surface area (Å²) in [6.07, 6.45) is 16.1. The summed E-state index contributed by atoms with van der Waals surface area (Å²) in [5.74, 6) is 1.01. The van der Waals surface area contributed by atoms with Gasteiger partial charge >= 0.3 is 0 Å². The fourth-order valence-corrected chi connectivity index (χ4v) is 12.5. The molecule has 1 spiro atoms. The van der Waals surface area contributed by atoms with E-state index in [9.17, 15) is 18.5 Å². The number of rotatable bonds is 14.